The summed E-state index contributed by atoms with van der Waals surface area (Å²) in [6.07, 6.45) is 5.23. The molecule has 1 aliphatic carbocycles. The summed E-state index contributed by atoms with van der Waals surface area (Å²) in [7, 11) is 0. The Kier molecular flexibility index (Phi) is 6.28. The van der Waals surface area contributed by atoms with Crippen LogP contribution in [0.5, 0.6) is 0 Å². The van der Waals surface area contributed by atoms with Gasteiger partial charge in [0.05, 0.1) is 0 Å². The summed E-state index contributed by atoms with van der Waals surface area (Å²) in [5, 5.41) is 3.71. The molecule has 3 rings (SSSR count). The van der Waals surface area contributed by atoms with Crippen LogP contribution in [0.4, 0.5) is 0 Å². The van der Waals surface area contributed by atoms with E-state index < -0.39 is 0 Å². The first-order chi connectivity index (χ1) is 9.92. The van der Waals surface area contributed by atoms with Gasteiger partial charge < -0.3 is 5.32 Å². The molecule has 0 atom stereocenters. The van der Waals surface area contributed by atoms with Crippen LogP contribution < -0.4 is 5.32 Å². The van der Waals surface area contributed by atoms with E-state index in [1.54, 1.807) is 0 Å². The molecule has 0 aliphatic heterocycles. The number of benzene rings is 2. The van der Waals surface area contributed by atoms with Crippen molar-refractivity contribution >= 4 is 12.4 Å². The van der Waals surface area contributed by atoms with E-state index in [-0.39, 0.29) is 12.4 Å². The molecule has 0 saturated heterocycles. The Morgan fingerprint density at radius 3 is 1.95 bits per heavy atom. The van der Waals surface area contributed by atoms with Gasteiger partial charge >= 0.3 is 0 Å². The number of rotatable bonds is 4. The predicted molar refractivity (Wildman–Crippen MR) is 92.0 cm³/mol. The Bertz CT molecular complexity index is 504. The molecule has 0 radical (unpaired) electrons. The lowest BCUT2D eigenvalue weighted by atomic mass is 9.82. The topological polar surface area (TPSA) is 12.0 Å². The molecular weight excluding hydrogens is 278 g/mol. The first-order valence-electron chi connectivity index (χ1n) is 7.74. The summed E-state index contributed by atoms with van der Waals surface area (Å²) in [6.45, 7) is 1.00. The summed E-state index contributed by atoms with van der Waals surface area (Å²) in [6, 6.07) is 22.4. The molecule has 112 valence electrons. The molecule has 1 fully saturated rings. The maximum atomic E-state index is 3.71. The molecule has 0 heterocycles. The van der Waals surface area contributed by atoms with E-state index in [0.717, 1.165) is 12.5 Å². The van der Waals surface area contributed by atoms with Gasteiger partial charge in [-0.25, -0.2) is 0 Å². The van der Waals surface area contributed by atoms with Crippen LogP contribution >= 0.6 is 12.4 Å². The second-order valence-electron chi connectivity index (χ2n) is 5.83. The van der Waals surface area contributed by atoms with Crippen molar-refractivity contribution in [2.45, 2.75) is 44.2 Å². The molecule has 0 amide bonds. The highest BCUT2D eigenvalue weighted by Crippen LogP contribution is 2.32. The lowest BCUT2D eigenvalue weighted by molar-refractivity contribution is 0.341. The zero-order valence-electron chi connectivity index (χ0n) is 12.4. The van der Waals surface area contributed by atoms with E-state index in [9.17, 15) is 0 Å². The average molecular weight is 302 g/mol. The van der Waals surface area contributed by atoms with Crippen molar-refractivity contribution in [3.05, 3.63) is 71.8 Å². The molecule has 1 aliphatic rings. The predicted octanol–water partition coefficient (Wildman–Crippen LogP) is 4.92. The number of halogens is 1. The molecule has 1 saturated carbocycles. The smallest absolute Gasteiger partial charge is 0.0208 e. The van der Waals surface area contributed by atoms with Crippen LogP contribution in [0.15, 0.2) is 60.7 Å². The van der Waals surface area contributed by atoms with Gasteiger partial charge in [-0.3, -0.25) is 0 Å². The second-order valence-corrected chi connectivity index (χ2v) is 5.83. The quantitative estimate of drug-likeness (QED) is 0.845. The third-order valence-corrected chi connectivity index (χ3v) is 4.44. The van der Waals surface area contributed by atoms with Crippen LogP contribution in [0, 0.1) is 0 Å². The lowest BCUT2D eigenvalue weighted by Gasteiger charge is -2.29. The molecule has 21 heavy (non-hydrogen) atoms. The minimum absolute atomic E-state index is 0. The standard InChI is InChI=1S/C19H23N.ClH/c1-3-7-16(8-4-1)15-20-19-13-11-18(12-14-19)17-9-5-2-6-10-17;/h1-10,18-20H,11-15H2;1H. The van der Waals surface area contributed by atoms with Crippen LogP contribution in [-0.4, -0.2) is 6.04 Å². The van der Waals surface area contributed by atoms with Crippen LogP contribution in [0.2, 0.25) is 0 Å². The van der Waals surface area contributed by atoms with E-state index in [0.29, 0.717) is 6.04 Å². The van der Waals surface area contributed by atoms with Gasteiger partial charge in [0.25, 0.3) is 0 Å². The molecule has 2 aromatic rings. The summed E-state index contributed by atoms with van der Waals surface area (Å²) >= 11 is 0. The van der Waals surface area contributed by atoms with E-state index in [1.807, 2.05) is 0 Å². The zero-order chi connectivity index (χ0) is 13.6. The summed E-state index contributed by atoms with van der Waals surface area (Å²) in [5.41, 5.74) is 2.91. The van der Waals surface area contributed by atoms with Gasteiger partial charge in [-0.15, -0.1) is 12.4 Å². The molecule has 0 unspecified atom stereocenters. The molecule has 1 nitrogen and oxygen atoms in total. The van der Waals surface area contributed by atoms with Gasteiger partial charge in [0.1, 0.15) is 0 Å². The SMILES string of the molecule is Cl.c1ccc(CNC2CCC(c3ccccc3)CC2)cc1. The van der Waals surface area contributed by atoms with Gasteiger partial charge in [0, 0.05) is 12.6 Å². The van der Waals surface area contributed by atoms with Crippen molar-refractivity contribution in [3.8, 4) is 0 Å². The maximum absolute atomic E-state index is 3.71. The fourth-order valence-electron chi connectivity index (χ4n) is 3.21. The fraction of sp³-hybridized carbons (Fsp3) is 0.368. The Morgan fingerprint density at radius 2 is 1.33 bits per heavy atom. The van der Waals surface area contributed by atoms with Crippen LogP contribution in [0.25, 0.3) is 0 Å². The van der Waals surface area contributed by atoms with Crippen molar-refractivity contribution in [3.63, 3.8) is 0 Å². The van der Waals surface area contributed by atoms with Crippen molar-refractivity contribution in [2.24, 2.45) is 0 Å². The maximum Gasteiger partial charge on any atom is 0.0208 e. The normalized spacial score (nSPS) is 21.5. The summed E-state index contributed by atoms with van der Waals surface area (Å²) in [5.74, 6) is 0.769. The Morgan fingerprint density at radius 1 is 0.762 bits per heavy atom. The van der Waals surface area contributed by atoms with Gasteiger partial charge in [0.2, 0.25) is 0 Å². The minimum atomic E-state index is 0. The third kappa shape index (κ3) is 4.59. The molecule has 0 bridgehead atoms. The van der Waals surface area contributed by atoms with Crippen LogP contribution in [0.1, 0.15) is 42.7 Å². The Hall–Kier alpha value is -1.31. The minimum Gasteiger partial charge on any atom is -0.310 e. The number of nitrogens with one attached hydrogen (secondary N) is 1. The van der Waals surface area contributed by atoms with Crippen molar-refractivity contribution in [1.82, 2.24) is 5.32 Å². The Balaban J connectivity index is 0.00000161. The van der Waals surface area contributed by atoms with Crippen molar-refractivity contribution in [2.75, 3.05) is 0 Å². The third-order valence-electron chi connectivity index (χ3n) is 4.44. The molecule has 2 aromatic carbocycles. The van der Waals surface area contributed by atoms with Crippen LogP contribution in [-0.2, 0) is 6.54 Å². The molecule has 0 spiro atoms. The van der Waals surface area contributed by atoms with Crippen molar-refractivity contribution < 1.29 is 0 Å². The molecule has 0 aromatic heterocycles. The van der Waals surface area contributed by atoms with E-state index >= 15 is 0 Å². The highest BCUT2D eigenvalue weighted by molar-refractivity contribution is 5.85. The van der Waals surface area contributed by atoms with Gasteiger partial charge in [-0.2, -0.15) is 0 Å². The summed E-state index contributed by atoms with van der Waals surface area (Å²) in [4.78, 5) is 0. The highest BCUT2D eigenvalue weighted by atomic mass is 35.5. The number of hydrogen-bond donors (Lipinski definition) is 1. The molecular formula is C19H24ClN. The van der Waals surface area contributed by atoms with Crippen molar-refractivity contribution in [1.29, 1.82) is 0 Å². The highest BCUT2D eigenvalue weighted by Gasteiger charge is 2.21. The number of hydrogen-bond acceptors (Lipinski definition) is 1. The van der Waals surface area contributed by atoms with E-state index in [4.69, 9.17) is 0 Å². The van der Waals surface area contributed by atoms with E-state index in [1.165, 1.54) is 36.8 Å². The lowest BCUT2D eigenvalue weighted by Crippen LogP contribution is -2.32. The summed E-state index contributed by atoms with van der Waals surface area (Å²) < 4.78 is 0. The zero-order valence-corrected chi connectivity index (χ0v) is 13.2. The molecule has 1 N–H and O–H groups in total. The van der Waals surface area contributed by atoms with Gasteiger partial charge in [0.15, 0.2) is 0 Å². The first-order valence-corrected chi connectivity index (χ1v) is 7.74. The Labute approximate surface area is 134 Å². The second kappa shape index (κ2) is 8.21. The molecule has 2 heteroatoms. The van der Waals surface area contributed by atoms with Gasteiger partial charge in [-0.1, -0.05) is 60.7 Å². The van der Waals surface area contributed by atoms with Gasteiger partial charge in [-0.05, 0) is 42.7 Å². The fourth-order valence-corrected chi connectivity index (χ4v) is 3.21. The average Bonchev–Trinajstić information content (AvgIpc) is 2.55. The van der Waals surface area contributed by atoms with Crippen LogP contribution in [0.3, 0.4) is 0 Å². The van der Waals surface area contributed by atoms with E-state index in [2.05, 4.69) is 66.0 Å². The monoisotopic (exact) mass is 301 g/mol. The largest absolute Gasteiger partial charge is 0.310 e. The first kappa shape index (κ1) is 16.1.